The third-order valence-electron chi connectivity index (χ3n) is 4.34. The molecular weight excluding hydrogens is 430 g/mol. The maximum atomic E-state index is 13.3. The molecule has 0 bridgehead atoms. The van der Waals surface area contributed by atoms with E-state index >= 15 is 0 Å². The van der Waals surface area contributed by atoms with Crippen LogP contribution in [0.1, 0.15) is 27.9 Å². The zero-order chi connectivity index (χ0) is 21.9. The summed E-state index contributed by atoms with van der Waals surface area (Å²) in [7, 11) is 0. The molecule has 2 aromatic carbocycles. The maximum absolute atomic E-state index is 13.3. The van der Waals surface area contributed by atoms with E-state index < -0.39 is 30.1 Å². The van der Waals surface area contributed by atoms with Crippen molar-refractivity contribution in [3.05, 3.63) is 82.7 Å². The molecule has 30 heavy (non-hydrogen) atoms. The van der Waals surface area contributed by atoms with Gasteiger partial charge < -0.3 is 9.67 Å². The van der Waals surface area contributed by atoms with E-state index in [2.05, 4.69) is 4.98 Å². The van der Waals surface area contributed by atoms with Crippen LogP contribution in [0, 0.1) is 0 Å². The first-order valence-electron chi connectivity index (χ1n) is 8.69. The van der Waals surface area contributed by atoms with Crippen LogP contribution < -0.4 is 0 Å². The number of benzene rings is 2. The molecule has 0 saturated carbocycles. The molecule has 0 atom stereocenters. The number of aliphatic hydroxyl groups is 1. The number of hydrogen-bond acceptors (Lipinski definition) is 3. The van der Waals surface area contributed by atoms with Gasteiger partial charge in [-0.1, -0.05) is 48.2 Å². The number of thioether (sulfide) groups is 1. The van der Waals surface area contributed by atoms with Crippen LogP contribution in [0.3, 0.4) is 0 Å². The van der Waals surface area contributed by atoms with Gasteiger partial charge in [-0.05, 0) is 23.3 Å². The Labute approximate surface area is 172 Å². The standard InChI is InChI=1S/C20H16F6N2OS/c21-19(22,23)15-6-3-4-13(8-15)12-30-18-27-9-16(11-29)28(18)10-14-5-1-2-7-17(14)20(24,25)26/h1-9,29H,10-12H2. The lowest BCUT2D eigenvalue weighted by atomic mass is 10.1. The van der Waals surface area contributed by atoms with Gasteiger partial charge >= 0.3 is 12.4 Å². The SMILES string of the molecule is OCc1cnc(SCc2cccc(C(F)(F)F)c2)n1Cc1ccccc1C(F)(F)F. The predicted octanol–water partition coefficient (Wildman–Crippen LogP) is 5.75. The summed E-state index contributed by atoms with van der Waals surface area (Å²) in [5, 5.41) is 9.83. The first kappa shape index (κ1) is 22.2. The van der Waals surface area contributed by atoms with E-state index in [-0.39, 0.29) is 17.9 Å². The molecule has 0 saturated heterocycles. The van der Waals surface area contributed by atoms with E-state index in [0.29, 0.717) is 16.4 Å². The van der Waals surface area contributed by atoms with Crippen molar-refractivity contribution in [1.29, 1.82) is 0 Å². The van der Waals surface area contributed by atoms with Gasteiger partial charge in [-0.25, -0.2) is 4.98 Å². The van der Waals surface area contributed by atoms with Crippen LogP contribution in [-0.2, 0) is 31.3 Å². The maximum Gasteiger partial charge on any atom is 0.416 e. The van der Waals surface area contributed by atoms with Crippen molar-refractivity contribution in [1.82, 2.24) is 9.55 Å². The molecule has 10 heteroatoms. The Morgan fingerprint density at radius 3 is 2.33 bits per heavy atom. The summed E-state index contributed by atoms with van der Waals surface area (Å²) in [5.41, 5.74) is -0.877. The van der Waals surface area contributed by atoms with Gasteiger partial charge in [-0.15, -0.1) is 0 Å². The Balaban J connectivity index is 1.85. The third kappa shape index (κ3) is 5.17. The summed E-state index contributed by atoms with van der Waals surface area (Å²) in [6.45, 7) is -0.623. The molecule has 0 unspecified atom stereocenters. The van der Waals surface area contributed by atoms with E-state index in [4.69, 9.17) is 0 Å². The largest absolute Gasteiger partial charge is 0.416 e. The highest BCUT2D eigenvalue weighted by molar-refractivity contribution is 7.98. The summed E-state index contributed by atoms with van der Waals surface area (Å²) in [6, 6.07) is 9.89. The lowest BCUT2D eigenvalue weighted by Gasteiger charge is -2.16. The van der Waals surface area contributed by atoms with Crippen LogP contribution in [-0.4, -0.2) is 14.7 Å². The summed E-state index contributed by atoms with van der Waals surface area (Å²) in [6.07, 6.45) is -7.67. The molecule has 0 spiro atoms. The Hall–Kier alpha value is -2.46. The molecule has 0 aliphatic carbocycles. The minimum absolute atomic E-state index is 0.00128. The number of aromatic nitrogens is 2. The van der Waals surface area contributed by atoms with Crippen LogP contribution in [0.4, 0.5) is 26.3 Å². The Morgan fingerprint density at radius 2 is 1.67 bits per heavy atom. The van der Waals surface area contributed by atoms with Crippen LogP contribution in [0.25, 0.3) is 0 Å². The molecule has 3 rings (SSSR count). The third-order valence-corrected chi connectivity index (χ3v) is 5.40. The van der Waals surface area contributed by atoms with E-state index in [1.54, 1.807) is 0 Å². The number of aliphatic hydroxyl groups excluding tert-OH is 1. The van der Waals surface area contributed by atoms with Gasteiger partial charge in [-0.2, -0.15) is 26.3 Å². The molecule has 1 heterocycles. The Morgan fingerprint density at radius 1 is 0.933 bits per heavy atom. The number of imidazole rings is 1. The van der Waals surface area contributed by atoms with Crippen LogP contribution >= 0.6 is 11.8 Å². The second-order valence-corrected chi connectivity index (χ2v) is 7.36. The molecule has 0 amide bonds. The second kappa shape index (κ2) is 8.73. The fourth-order valence-electron chi connectivity index (χ4n) is 2.89. The van der Waals surface area contributed by atoms with E-state index in [1.807, 2.05) is 0 Å². The van der Waals surface area contributed by atoms with Crippen LogP contribution in [0.15, 0.2) is 59.9 Å². The topological polar surface area (TPSA) is 38.1 Å². The normalized spacial score (nSPS) is 12.4. The highest BCUT2D eigenvalue weighted by Crippen LogP contribution is 2.34. The van der Waals surface area contributed by atoms with Crippen LogP contribution in [0.2, 0.25) is 0 Å². The first-order valence-corrected chi connectivity index (χ1v) is 9.67. The Kier molecular flexibility index (Phi) is 6.47. The number of hydrogen-bond donors (Lipinski definition) is 1. The molecule has 0 fully saturated rings. The van der Waals surface area contributed by atoms with Crippen molar-refractivity contribution < 1.29 is 31.4 Å². The highest BCUT2D eigenvalue weighted by atomic mass is 32.2. The molecule has 1 aromatic heterocycles. The number of nitrogens with zero attached hydrogens (tertiary/aromatic N) is 2. The lowest BCUT2D eigenvalue weighted by molar-refractivity contribution is -0.138. The van der Waals surface area contributed by atoms with Gasteiger partial charge in [0.25, 0.3) is 0 Å². The van der Waals surface area contributed by atoms with Gasteiger partial charge in [0.15, 0.2) is 5.16 Å². The highest BCUT2D eigenvalue weighted by Gasteiger charge is 2.33. The molecule has 1 N–H and O–H groups in total. The lowest BCUT2D eigenvalue weighted by Crippen LogP contribution is -2.13. The number of alkyl halides is 6. The summed E-state index contributed by atoms with van der Waals surface area (Å²) >= 11 is 1.08. The zero-order valence-corrected chi connectivity index (χ0v) is 16.2. The van der Waals surface area contributed by atoms with Crippen molar-refractivity contribution >= 4 is 11.8 Å². The van der Waals surface area contributed by atoms with Gasteiger partial charge in [0.05, 0.1) is 36.2 Å². The smallest absolute Gasteiger partial charge is 0.390 e. The number of halogens is 6. The van der Waals surface area contributed by atoms with Gasteiger partial charge in [-0.3, -0.25) is 0 Å². The minimum atomic E-state index is -4.54. The van der Waals surface area contributed by atoms with E-state index in [9.17, 15) is 31.4 Å². The average molecular weight is 446 g/mol. The van der Waals surface area contributed by atoms with Crippen LogP contribution in [0.5, 0.6) is 0 Å². The minimum Gasteiger partial charge on any atom is -0.390 e. The van der Waals surface area contributed by atoms with Crippen molar-refractivity contribution in [2.75, 3.05) is 0 Å². The average Bonchev–Trinajstić information content (AvgIpc) is 3.07. The molecule has 0 radical (unpaired) electrons. The quantitative estimate of drug-likeness (QED) is 0.387. The van der Waals surface area contributed by atoms with Gasteiger partial charge in [0.1, 0.15) is 0 Å². The van der Waals surface area contributed by atoms with E-state index in [1.165, 1.54) is 41.1 Å². The summed E-state index contributed by atoms with van der Waals surface area (Å²) < 4.78 is 79.9. The van der Waals surface area contributed by atoms with Crippen molar-refractivity contribution in [3.8, 4) is 0 Å². The predicted molar refractivity (Wildman–Crippen MR) is 99.7 cm³/mol. The zero-order valence-electron chi connectivity index (χ0n) is 15.3. The fourth-order valence-corrected chi connectivity index (χ4v) is 3.83. The number of rotatable bonds is 6. The Bertz CT molecular complexity index is 1010. The first-order chi connectivity index (χ1) is 14.1. The van der Waals surface area contributed by atoms with Crippen molar-refractivity contribution in [2.45, 2.75) is 36.4 Å². The van der Waals surface area contributed by atoms with Crippen molar-refractivity contribution in [3.63, 3.8) is 0 Å². The monoisotopic (exact) mass is 446 g/mol. The second-order valence-electron chi connectivity index (χ2n) is 6.42. The summed E-state index contributed by atoms with van der Waals surface area (Å²) in [5.74, 6) is 0.132. The fraction of sp³-hybridized carbons (Fsp3) is 0.250. The van der Waals surface area contributed by atoms with E-state index in [0.717, 1.165) is 30.0 Å². The molecule has 3 nitrogen and oxygen atoms in total. The molecule has 3 aromatic rings. The molecule has 160 valence electrons. The van der Waals surface area contributed by atoms with Crippen molar-refractivity contribution in [2.24, 2.45) is 0 Å². The van der Waals surface area contributed by atoms with Gasteiger partial charge in [0.2, 0.25) is 0 Å². The molecule has 0 aliphatic heterocycles. The summed E-state index contributed by atoms with van der Waals surface area (Å²) in [4.78, 5) is 4.12. The molecular formula is C20H16F6N2OS. The van der Waals surface area contributed by atoms with Gasteiger partial charge in [0, 0.05) is 5.75 Å². The molecule has 0 aliphatic rings.